The number of piperidine rings is 1. The maximum absolute atomic E-state index is 9.77. The summed E-state index contributed by atoms with van der Waals surface area (Å²) in [6.07, 6.45) is 9.41. The van der Waals surface area contributed by atoms with Crippen molar-refractivity contribution < 1.29 is 0 Å². The first-order valence-electron chi connectivity index (χ1n) is 7.57. The molecule has 2 N–H and O–H groups in total. The van der Waals surface area contributed by atoms with Crippen LogP contribution in [-0.4, -0.2) is 16.1 Å². The number of nitriles is 2. The number of rotatable bonds is 0. The Balaban J connectivity index is 2.04. The number of nitrogens with zero attached hydrogens (tertiary/aromatic N) is 3. The van der Waals surface area contributed by atoms with E-state index >= 15 is 0 Å². The average Bonchev–Trinajstić information content (AvgIpc) is 2.48. The van der Waals surface area contributed by atoms with Crippen LogP contribution in [0.2, 0.25) is 0 Å². The van der Waals surface area contributed by atoms with E-state index in [0.29, 0.717) is 11.8 Å². The second kappa shape index (κ2) is 4.47. The number of nitrogens with two attached hydrogens (primary N) is 1. The van der Waals surface area contributed by atoms with Gasteiger partial charge in [-0.1, -0.05) is 25.7 Å². The van der Waals surface area contributed by atoms with Crippen molar-refractivity contribution in [2.24, 2.45) is 17.7 Å². The van der Waals surface area contributed by atoms with E-state index < -0.39 is 11.1 Å². The summed E-state index contributed by atoms with van der Waals surface area (Å²) in [7, 11) is 0. The molecule has 2 aliphatic carbocycles. The fraction of sp³-hybridized carbons (Fsp3) is 0.867. The smallest absolute Gasteiger partial charge is 0.126 e. The lowest BCUT2D eigenvalue weighted by Crippen LogP contribution is -2.73. The summed E-state index contributed by atoms with van der Waals surface area (Å²) < 4.78 is 0. The van der Waals surface area contributed by atoms with Crippen molar-refractivity contribution in [1.29, 1.82) is 10.5 Å². The standard InChI is InChI=1S/C15H22N4/c16-10-14-7-3-1-5-12(14)9-13-6-2-4-8-15(13,11-17)19(14)18/h12-13H,1-9,18H2/t12-,13+,14-,15-/m0/s1. The third kappa shape index (κ3) is 1.57. The fourth-order valence-electron chi connectivity index (χ4n) is 4.82. The predicted molar refractivity (Wildman–Crippen MR) is 71.2 cm³/mol. The Morgan fingerprint density at radius 2 is 1.37 bits per heavy atom. The first-order chi connectivity index (χ1) is 9.19. The zero-order valence-corrected chi connectivity index (χ0v) is 11.4. The van der Waals surface area contributed by atoms with Crippen LogP contribution in [0.15, 0.2) is 0 Å². The van der Waals surface area contributed by atoms with Crippen molar-refractivity contribution in [2.45, 2.75) is 68.9 Å². The van der Waals surface area contributed by atoms with E-state index in [4.69, 9.17) is 5.84 Å². The lowest BCUT2D eigenvalue weighted by molar-refractivity contribution is -0.113. The lowest BCUT2D eigenvalue weighted by Gasteiger charge is -2.59. The minimum Gasteiger partial charge on any atom is -0.266 e. The molecule has 4 heteroatoms. The van der Waals surface area contributed by atoms with Gasteiger partial charge in [0.1, 0.15) is 11.1 Å². The normalized spacial score (nSPS) is 46.5. The van der Waals surface area contributed by atoms with E-state index in [1.165, 1.54) is 12.8 Å². The molecule has 1 aliphatic heterocycles. The maximum atomic E-state index is 9.77. The second-order valence-corrected chi connectivity index (χ2v) is 6.56. The Morgan fingerprint density at radius 3 is 1.79 bits per heavy atom. The highest BCUT2D eigenvalue weighted by molar-refractivity contribution is 5.26. The van der Waals surface area contributed by atoms with E-state index in [2.05, 4.69) is 12.1 Å². The minimum absolute atomic E-state index is 0.362. The third-order valence-electron chi connectivity index (χ3n) is 5.89. The summed E-state index contributed by atoms with van der Waals surface area (Å²) in [5.41, 5.74) is -1.16. The Kier molecular flexibility index (Phi) is 3.04. The molecule has 0 bridgehead atoms. The molecule has 1 heterocycles. The van der Waals surface area contributed by atoms with Gasteiger partial charge in [0.2, 0.25) is 0 Å². The van der Waals surface area contributed by atoms with Crippen LogP contribution in [0.25, 0.3) is 0 Å². The molecule has 3 fully saturated rings. The van der Waals surface area contributed by atoms with Gasteiger partial charge in [-0.25, -0.2) is 5.01 Å². The van der Waals surface area contributed by atoms with E-state index in [-0.39, 0.29) is 0 Å². The molecule has 0 radical (unpaired) electrons. The molecule has 4 nitrogen and oxygen atoms in total. The van der Waals surface area contributed by atoms with Crippen molar-refractivity contribution in [1.82, 2.24) is 5.01 Å². The van der Waals surface area contributed by atoms with Crippen LogP contribution in [0.1, 0.15) is 57.8 Å². The SMILES string of the molecule is N#C[C@@]12CCCC[C@@H]1C[C@@H]1CCCC[C@@]1(C#N)N2N. The third-order valence-corrected chi connectivity index (χ3v) is 5.89. The Hall–Kier alpha value is -1.10. The molecule has 0 aromatic rings. The largest absolute Gasteiger partial charge is 0.266 e. The van der Waals surface area contributed by atoms with Gasteiger partial charge < -0.3 is 0 Å². The molecular formula is C15H22N4. The Bertz CT molecular complexity index is 408. The molecule has 1 saturated heterocycles. The molecule has 102 valence electrons. The number of hydrogen-bond acceptors (Lipinski definition) is 4. The summed E-state index contributed by atoms with van der Waals surface area (Å²) in [5, 5.41) is 21.3. The van der Waals surface area contributed by atoms with Crippen molar-refractivity contribution >= 4 is 0 Å². The maximum Gasteiger partial charge on any atom is 0.126 e. The van der Waals surface area contributed by atoms with Crippen LogP contribution >= 0.6 is 0 Å². The van der Waals surface area contributed by atoms with Crippen LogP contribution < -0.4 is 5.84 Å². The van der Waals surface area contributed by atoms with Gasteiger partial charge in [-0.2, -0.15) is 10.5 Å². The topological polar surface area (TPSA) is 76.8 Å². The van der Waals surface area contributed by atoms with E-state index in [1.807, 2.05) is 0 Å². The Labute approximate surface area is 115 Å². The van der Waals surface area contributed by atoms with Crippen LogP contribution in [0, 0.1) is 34.5 Å². The molecule has 4 atom stereocenters. The molecule has 19 heavy (non-hydrogen) atoms. The van der Waals surface area contributed by atoms with Gasteiger partial charge in [-0.15, -0.1) is 0 Å². The number of fused-ring (bicyclic) bond motifs is 2. The molecule has 2 saturated carbocycles. The van der Waals surface area contributed by atoms with Crippen molar-refractivity contribution in [3.63, 3.8) is 0 Å². The van der Waals surface area contributed by atoms with Gasteiger partial charge in [-0.05, 0) is 43.9 Å². The minimum atomic E-state index is -0.582. The van der Waals surface area contributed by atoms with Crippen LogP contribution in [-0.2, 0) is 0 Å². The lowest BCUT2D eigenvalue weighted by atomic mass is 9.58. The van der Waals surface area contributed by atoms with Gasteiger partial charge in [0.15, 0.2) is 0 Å². The van der Waals surface area contributed by atoms with Gasteiger partial charge in [0.05, 0.1) is 12.1 Å². The highest BCUT2D eigenvalue weighted by Crippen LogP contribution is 2.54. The summed E-state index contributed by atoms with van der Waals surface area (Å²) >= 11 is 0. The second-order valence-electron chi connectivity index (χ2n) is 6.56. The predicted octanol–water partition coefficient (Wildman–Crippen LogP) is 2.47. The number of hydrogen-bond donors (Lipinski definition) is 1. The van der Waals surface area contributed by atoms with Gasteiger partial charge in [0.25, 0.3) is 0 Å². The fourth-order valence-corrected chi connectivity index (χ4v) is 4.82. The summed E-state index contributed by atoms with van der Waals surface area (Å²) in [4.78, 5) is 0. The molecule has 0 unspecified atom stereocenters. The van der Waals surface area contributed by atoms with Gasteiger partial charge in [-0.3, -0.25) is 5.84 Å². The molecule has 3 aliphatic rings. The first kappa shape index (κ1) is 12.9. The van der Waals surface area contributed by atoms with Gasteiger partial charge >= 0.3 is 0 Å². The molecule has 0 spiro atoms. The average molecular weight is 258 g/mol. The van der Waals surface area contributed by atoms with Crippen LogP contribution in [0.5, 0.6) is 0 Å². The van der Waals surface area contributed by atoms with E-state index in [9.17, 15) is 10.5 Å². The number of hydrazine groups is 1. The zero-order chi connectivity index (χ0) is 13.5. The molecule has 0 aromatic heterocycles. The van der Waals surface area contributed by atoms with Crippen molar-refractivity contribution in [3.8, 4) is 12.1 Å². The summed E-state index contributed by atoms with van der Waals surface area (Å²) in [6.45, 7) is 0. The van der Waals surface area contributed by atoms with E-state index in [1.54, 1.807) is 5.01 Å². The summed E-state index contributed by atoms with van der Waals surface area (Å²) in [5.74, 6) is 7.15. The van der Waals surface area contributed by atoms with Crippen molar-refractivity contribution in [2.75, 3.05) is 0 Å². The highest BCUT2D eigenvalue weighted by Gasteiger charge is 2.61. The van der Waals surface area contributed by atoms with E-state index in [0.717, 1.165) is 44.9 Å². The molecule has 0 amide bonds. The van der Waals surface area contributed by atoms with Crippen LogP contribution in [0.4, 0.5) is 0 Å². The monoisotopic (exact) mass is 258 g/mol. The molecular weight excluding hydrogens is 236 g/mol. The highest BCUT2D eigenvalue weighted by atomic mass is 15.5. The zero-order valence-electron chi connectivity index (χ0n) is 11.4. The Morgan fingerprint density at radius 1 is 0.895 bits per heavy atom. The molecule has 0 aromatic carbocycles. The van der Waals surface area contributed by atoms with Crippen molar-refractivity contribution in [3.05, 3.63) is 0 Å². The van der Waals surface area contributed by atoms with Crippen LogP contribution in [0.3, 0.4) is 0 Å². The first-order valence-corrected chi connectivity index (χ1v) is 7.57. The summed E-state index contributed by atoms with van der Waals surface area (Å²) in [6, 6.07) is 5.02. The molecule has 3 rings (SSSR count). The quantitative estimate of drug-likeness (QED) is 0.677. The van der Waals surface area contributed by atoms with Gasteiger partial charge in [0, 0.05) is 0 Å².